The molecule has 20 heavy (non-hydrogen) atoms. The molecule has 1 amide bonds. The number of nitrogens with zero attached hydrogens (tertiary/aromatic N) is 1. The van der Waals surface area contributed by atoms with Crippen molar-refractivity contribution in [3.63, 3.8) is 0 Å². The predicted octanol–water partition coefficient (Wildman–Crippen LogP) is 2.11. The van der Waals surface area contributed by atoms with Gasteiger partial charge >= 0.3 is 5.97 Å². The molecule has 2 atom stereocenters. The number of benzene rings is 1. The number of hydrogen-bond donors (Lipinski definition) is 1. The number of hydrogen-bond acceptors (Lipinski definition) is 2. The molecule has 1 aromatic carbocycles. The van der Waals surface area contributed by atoms with Crippen molar-refractivity contribution in [1.29, 1.82) is 0 Å². The minimum absolute atomic E-state index is 0.0453. The van der Waals surface area contributed by atoms with Crippen molar-refractivity contribution in [2.24, 2.45) is 11.8 Å². The van der Waals surface area contributed by atoms with Gasteiger partial charge in [-0.2, -0.15) is 0 Å². The van der Waals surface area contributed by atoms with Crippen LogP contribution in [0, 0.1) is 11.8 Å². The first-order valence-corrected chi connectivity index (χ1v) is 7.23. The predicted molar refractivity (Wildman–Crippen MR) is 74.2 cm³/mol. The zero-order chi connectivity index (χ0) is 14.1. The molecule has 1 aliphatic heterocycles. The Morgan fingerprint density at radius 2 is 1.70 bits per heavy atom. The number of carbonyl (C=O) groups is 2. The van der Waals surface area contributed by atoms with E-state index in [0.717, 1.165) is 25.9 Å². The van der Waals surface area contributed by atoms with Crippen LogP contribution in [0.15, 0.2) is 30.3 Å². The molecule has 2 aliphatic rings. The van der Waals surface area contributed by atoms with E-state index in [9.17, 15) is 9.59 Å². The summed E-state index contributed by atoms with van der Waals surface area (Å²) in [6, 6.07) is 10.4. The highest BCUT2D eigenvalue weighted by molar-refractivity contribution is 5.89. The molecule has 0 aromatic heterocycles. The first-order chi connectivity index (χ1) is 9.66. The Morgan fingerprint density at radius 3 is 2.25 bits per heavy atom. The SMILES string of the molecule is O=C(O)[C@H]1C[C@H]1C(=O)N1CCC(c2ccccc2)CC1. The van der Waals surface area contributed by atoms with Gasteiger partial charge in [-0.05, 0) is 30.7 Å². The number of aliphatic carboxylic acids is 1. The highest BCUT2D eigenvalue weighted by atomic mass is 16.4. The van der Waals surface area contributed by atoms with Crippen LogP contribution in [0.2, 0.25) is 0 Å². The lowest BCUT2D eigenvalue weighted by Crippen LogP contribution is -2.39. The fourth-order valence-electron chi connectivity index (χ4n) is 3.13. The third kappa shape index (κ3) is 2.55. The lowest BCUT2D eigenvalue weighted by Gasteiger charge is -2.32. The van der Waals surface area contributed by atoms with Crippen molar-refractivity contribution in [2.45, 2.75) is 25.2 Å². The molecule has 4 heteroatoms. The first kappa shape index (κ1) is 13.2. The molecule has 1 saturated heterocycles. The lowest BCUT2D eigenvalue weighted by molar-refractivity contribution is -0.142. The van der Waals surface area contributed by atoms with Crippen molar-refractivity contribution in [3.05, 3.63) is 35.9 Å². The number of carboxylic acid groups (broad SMARTS) is 1. The molecular weight excluding hydrogens is 254 g/mol. The van der Waals surface area contributed by atoms with Gasteiger partial charge in [0.2, 0.25) is 5.91 Å². The number of rotatable bonds is 3. The summed E-state index contributed by atoms with van der Waals surface area (Å²) < 4.78 is 0. The molecule has 1 heterocycles. The summed E-state index contributed by atoms with van der Waals surface area (Å²) in [4.78, 5) is 24.9. The van der Waals surface area contributed by atoms with Gasteiger partial charge in [0.25, 0.3) is 0 Å². The van der Waals surface area contributed by atoms with Gasteiger partial charge in [-0.3, -0.25) is 9.59 Å². The zero-order valence-electron chi connectivity index (χ0n) is 11.4. The fourth-order valence-corrected chi connectivity index (χ4v) is 3.13. The summed E-state index contributed by atoms with van der Waals surface area (Å²) >= 11 is 0. The molecule has 2 fully saturated rings. The normalized spacial score (nSPS) is 26.3. The van der Waals surface area contributed by atoms with Gasteiger partial charge < -0.3 is 10.0 Å². The van der Waals surface area contributed by atoms with Crippen LogP contribution in [-0.2, 0) is 9.59 Å². The summed E-state index contributed by atoms with van der Waals surface area (Å²) in [7, 11) is 0. The van der Waals surface area contributed by atoms with E-state index in [1.807, 2.05) is 11.0 Å². The van der Waals surface area contributed by atoms with E-state index in [1.54, 1.807) is 0 Å². The van der Waals surface area contributed by atoms with Crippen molar-refractivity contribution < 1.29 is 14.7 Å². The Balaban J connectivity index is 1.54. The van der Waals surface area contributed by atoms with Gasteiger partial charge in [-0.1, -0.05) is 30.3 Å². The van der Waals surface area contributed by atoms with E-state index in [4.69, 9.17) is 5.11 Å². The fraction of sp³-hybridized carbons (Fsp3) is 0.500. The highest BCUT2D eigenvalue weighted by Gasteiger charge is 2.50. The van der Waals surface area contributed by atoms with E-state index in [0.29, 0.717) is 12.3 Å². The largest absolute Gasteiger partial charge is 0.481 e. The maximum Gasteiger partial charge on any atom is 0.307 e. The second-order valence-corrected chi connectivity index (χ2v) is 5.80. The van der Waals surface area contributed by atoms with Crippen LogP contribution in [0.5, 0.6) is 0 Å². The van der Waals surface area contributed by atoms with Gasteiger partial charge in [-0.25, -0.2) is 0 Å². The molecule has 1 N–H and O–H groups in total. The van der Waals surface area contributed by atoms with Crippen molar-refractivity contribution >= 4 is 11.9 Å². The molecule has 1 aliphatic carbocycles. The summed E-state index contributed by atoms with van der Waals surface area (Å²) in [5.74, 6) is -0.962. The smallest absolute Gasteiger partial charge is 0.307 e. The van der Waals surface area contributed by atoms with Gasteiger partial charge in [0.1, 0.15) is 0 Å². The van der Waals surface area contributed by atoms with E-state index in [2.05, 4.69) is 24.3 Å². The number of piperidine rings is 1. The van der Waals surface area contributed by atoms with Crippen LogP contribution < -0.4 is 0 Å². The third-order valence-electron chi connectivity index (χ3n) is 4.50. The van der Waals surface area contributed by atoms with Crippen LogP contribution >= 0.6 is 0 Å². The summed E-state index contributed by atoms with van der Waals surface area (Å²) in [6.45, 7) is 1.50. The van der Waals surface area contributed by atoms with Crippen LogP contribution in [0.25, 0.3) is 0 Å². The molecule has 3 rings (SSSR count). The average molecular weight is 273 g/mol. The quantitative estimate of drug-likeness (QED) is 0.917. The standard InChI is InChI=1S/C16H19NO3/c18-15(13-10-14(13)16(19)20)17-8-6-12(7-9-17)11-4-2-1-3-5-11/h1-5,12-14H,6-10H2,(H,19,20)/t13-,14+/m1/s1. The molecule has 1 saturated carbocycles. The monoisotopic (exact) mass is 273 g/mol. The minimum atomic E-state index is -0.831. The molecule has 106 valence electrons. The molecule has 4 nitrogen and oxygen atoms in total. The second-order valence-electron chi connectivity index (χ2n) is 5.80. The first-order valence-electron chi connectivity index (χ1n) is 7.23. The highest BCUT2D eigenvalue weighted by Crippen LogP contribution is 2.41. The Morgan fingerprint density at radius 1 is 1.05 bits per heavy atom. The summed E-state index contributed by atoms with van der Waals surface area (Å²) in [6.07, 6.45) is 2.47. The van der Waals surface area contributed by atoms with Crippen molar-refractivity contribution in [3.8, 4) is 0 Å². The summed E-state index contributed by atoms with van der Waals surface area (Å²) in [5.41, 5.74) is 1.34. The van der Waals surface area contributed by atoms with E-state index >= 15 is 0 Å². The summed E-state index contributed by atoms with van der Waals surface area (Å²) in [5, 5.41) is 8.89. The lowest BCUT2D eigenvalue weighted by atomic mass is 9.89. The van der Waals surface area contributed by atoms with E-state index < -0.39 is 11.9 Å². The van der Waals surface area contributed by atoms with E-state index in [-0.39, 0.29) is 11.8 Å². The number of amides is 1. The number of likely N-dealkylation sites (tertiary alicyclic amines) is 1. The number of carbonyl (C=O) groups excluding carboxylic acids is 1. The number of carboxylic acids is 1. The van der Waals surface area contributed by atoms with Gasteiger partial charge in [0, 0.05) is 13.1 Å². The molecular formula is C16H19NO3. The minimum Gasteiger partial charge on any atom is -0.481 e. The van der Waals surface area contributed by atoms with Gasteiger partial charge in [0.05, 0.1) is 11.8 Å². The Bertz CT molecular complexity index is 506. The molecule has 0 radical (unpaired) electrons. The van der Waals surface area contributed by atoms with Crippen LogP contribution in [0.3, 0.4) is 0 Å². The van der Waals surface area contributed by atoms with Gasteiger partial charge in [-0.15, -0.1) is 0 Å². The second kappa shape index (κ2) is 5.27. The van der Waals surface area contributed by atoms with Crippen LogP contribution in [0.4, 0.5) is 0 Å². The maximum atomic E-state index is 12.2. The van der Waals surface area contributed by atoms with Gasteiger partial charge in [0.15, 0.2) is 0 Å². The zero-order valence-corrected chi connectivity index (χ0v) is 11.4. The van der Waals surface area contributed by atoms with Crippen LogP contribution in [0.1, 0.15) is 30.7 Å². The van der Waals surface area contributed by atoms with Crippen molar-refractivity contribution in [1.82, 2.24) is 4.90 Å². The Labute approximate surface area is 118 Å². The topological polar surface area (TPSA) is 57.6 Å². The van der Waals surface area contributed by atoms with E-state index in [1.165, 1.54) is 5.56 Å². The van der Waals surface area contributed by atoms with Crippen molar-refractivity contribution in [2.75, 3.05) is 13.1 Å². The average Bonchev–Trinajstić information content (AvgIpc) is 3.28. The maximum absolute atomic E-state index is 12.2. The van der Waals surface area contributed by atoms with Crippen LogP contribution in [-0.4, -0.2) is 35.0 Å². The molecule has 0 unspecified atom stereocenters. The Hall–Kier alpha value is -1.84. The third-order valence-corrected chi connectivity index (χ3v) is 4.50. The molecule has 0 spiro atoms. The molecule has 0 bridgehead atoms. The molecule has 1 aromatic rings. The Kier molecular flexibility index (Phi) is 3.47.